The van der Waals surface area contributed by atoms with E-state index in [1.165, 1.54) is 0 Å². The summed E-state index contributed by atoms with van der Waals surface area (Å²) in [6.45, 7) is -1.42. The number of rotatable bonds is 23. The molecule has 0 rings (SSSR count). The van der Waals surface area contributed by atoms with Crippen molar-refractivity contribution in [3.8, 4) is 0 Å². The van der Waals surface area contributed by atoms with Gasteiger partial charge in [-0.1, -0.05) is 39.0 Å². The number of carbonyl (C=O) groups excluding carboxylic acids is 1. The molecule has 5 nitrogen and oxygen atoms in total. The molecule has 0 radical (unpaired) electrons. The molecule has 24 heteroatoms. The van der Waals surface area contributed by atoms with Crippen LogP contribution in [0.4, 0.5) is 74.6 Å². The molecule has 0 fully saturated rings. The molecule has 288 valence electrons. The second-order valence-corrected chi connectivity index (χ2v) is 13.2. The molecule has 0 aliphatic rings. The van der Waals surface area contributed by atoms with Crippen molar-refractivity contribution in [1.82, 2.24) is 5.32 Å². The summed E-state index contributed by atoms with van der Waals surface area (Å²) in [5, 5.41) is 30.1. The Morgan fingerprint density at radius 2 is 0.938 bits per heavy atom. The molecular formula is C24H32F17NO4S2. The number of nitrogens with one attached hydrogen (secondary N) is 1. The van der Waals surface area contributed by atoms with Crippen LogP contribution in [-0.2, 0) is 4.79 Å². The number of amides is 1. The molecule has 0 aromatic rings. The van der Waals surface area contributed by atoms with Crippen molar-refractivity contribution in [1.29, 1.82) is 0 Å². The molecule has 0 aliphatic carbocycles. The van der Waals surface area contributed by atoms with Crippen molar-refractivity contribution in [2.24, 2.45) is 0 Å². The van der Waals surface area contributed by atoms with E-state index >= 15 is 0 Å². The van der Waals surface area contributed by atoms with E-state index in [0.29, 0.717) is 31.0 Å². The Morgan fingerprint density at radius 1 is 0.562 bits per heavy atom. The third kappa shape index (κ3) is 9.39. The number of aliphatic hydroxyl groups is 3. The van der Waals surface area contributed by atoms with Gasteiger partial charge in [0.25, 0.3) is 0 Å². The van der Waals surface area contributed by atoms with Crippen molar-refractivity contribution in [2.75, 3.05) is 31.3 Å². The SMILES string of the molecule is CCCCCCCCSC(SCCC(F)(F)C(F)(F)C(F)(F)C(F)(F)C(F)(F)C(F)(F)C(F)(F)C(F)(F)F)C(=O)NC(CO)(CO)CO. The van der Waals surface area contributed by atoms with Crippen molar-refractivity contribution in [2.45, 2.75) is 110 Å². The Balaban J connectivity index is 6.18. The van der Waals surface area contributed by atoms with Gasteiger partial charge in [-0.25, -0.2) is 0 Å². The predicted octanol–water partition coefficient (Wildman–Crippen LogP) is 7.37. The highest BCUT2D eigenvalue weighted by atomic mass is 32.2. The summed E-state index contributed by atoms with van der Waals surface area (Å²) in [5.74, 6) is -59.9. The van der Waals surface area contributed by atoms with Gasteiger partial charge < -0.3 is 20.6 Å². The first-order valence-corrected chi connectivity index (χ1v) is 15.7. The minimum absolute atomic E-state index is 0.0320. The maximum absolute atomic E-state index is 14.3. The number of carbonyl (C=O) groups is 1. The van der Waals surface area contributed by atoms with E-state index in [1.54, 1.807) is 0 Å². The summed E-state index contributed by atoms with van der Waals surface area (Å²) >= 11 is 0.523. The molecule has 0 spiro atoms. The van der Waals surface area contributed by atoms with Gasteiger partial charge in [0.2, 0.25) is 5.91 Å². The molecule has 1 amide bonds. The standard InChI is InChI=1S/C24H32F17NO4S2/c1-2-3-4-5-6-7-9-47-15(14(46)42-16(11-43,12-44)13-45)48-10-8-17(25,26)18(27,28)19(29,30)20(31,32)21(33,34)22(35,36)23(37,38)24(39,40)41/h15,43-45H,2-13H2,1H3,(H,42,46). The summed E-state index contributed by atoms with van der Waals surface area (Å²) < 4.78 is 228. The number of hydrogen-bond donors (Lipinski definition) is 4. The van der Waals surface area contributed by atoms with E-state index < -0.39 is 95.7 Å². The van der Waals surface area contributed by atoms with Gasteiger partial charge in [0.1, 0.15) is 10.1 Å². The fourth-order valence-electron chi connectivity index (χ4n) is 3.51. The lowest BCUT2D eigenvalue weighted by Crippen LogP contribution is -2.74. The molecule has 0 heterocycles. The molecule has 4 N–H and O–H groups in total. The van der Waals surface area contributed by atoms with E-state index in [-0.39, 0.29) is 17.5 Å². The molecule has 1 unspecified atom stereocenters. The zero-order valence-electron chi connectivity index (χ0n) is 24.6. The van der Waals surface area contributed by atoms with E-state index in [9.17, 15) is 94.8 Å². The lowest BCUT2D eigenvalue weighted by molar-refractivity contribution is -0.461. The van der Waals surface area contributed by atoms with Crippen LogP contribution in [0.5, 0.6) is 0 Å². The zero-order chi connectivity index (χ0) is 38.3. The average Bonchev–Trinajstić information content (AvgIpc) is 2.97. The monoisotopic (exact) mass is 785 g/mol. The summed E-state index contributed by atoms with van der Waals surface area (Å²) in [7, 11) is 0. The molecule has 0 aromatic heterocycles. The smallest absolute Gasteiger partial charge is 0.394 e. The quantitative estimate of drug-likeness (QED) is 0.0492. The predicted molar refractivity (Wildman–Crippen MR) is 140 cm³/mol. The Hall–Kier alpha value is -1.14. The Kier molecular flexibility index (Phi) is 16.5. The third-order valence-electron chi connectivity index (χ3n) is 6.75. The fraction of sp³-hybridized carbons (Fsp3) is 0.958. The van der Waals surface area contributed by atoms with Crippen LogP contribution < -0.4 is 5.32 Å². The first-order valence-electron chi connectivity index (χ1n) is 13.6. The normalized spacial score (nSPS) is 15.5. The summed E-state index contributed by atoms with van der Waals surface area (Å²) in [5.41, 5.74) is -2.13. The average molecular weight is 786 g/mol. The van der Waals surface area contributed by atoms with Gasteiger partial charge in [-0.05, 0) is 12.2 Å². The van der Waals surface area contributed by atoms with Gasteiger partial charge in [-0.15, -0.1) is 23.5 Å². The Labute approximate surface area is 270 Å². The first-order chi connectivity index (χ1) is 21.5. The van der Waals surface area contributed by atoms with E-state index in [1.807, 2.05) is 12.2 Å². The van der Waals surface area contributed by atoms with Gasteiger partial charge in [0.05, 0.1) is 19.8 Å². The number of aliphatic hydroxyl groups excluding tert-OH is 3. The first kappa shape index (κ1) is 46.9. The summed E-state index contributed by atoms with van der Waals surface area (Å²) in [6.07, 6.45) is -6.36. The highest BCUT2D eigenvalue weighted by Crippen LogP contribution is 2.64. The van der Waals surface area contributed by atoms with Gasteiger partial charge in [-0.3, -0.25) is 4.79 Å². The van der Waals surface area contributed by atoms with Crippen molar-refractivity contribution in [3.63, 3.8) is 0 Å². The summed E-state index contributed by atoms with van der Waals surface area (Å²) in [6, 6.07) is 0. The molecule has 0 saturated heterocycles. The van der Waals surface area contributed by atoms with E-state index in [0.717, 1.165) is 19.3 Å². The van der Waals surface area contributed by atoms with E-state index in [2.05, 4.69) is 0 Å². The lowest BCUT2D eigenvalue weighted by atomic mass is 9.88. The Bertz CT molecular complexity index is 1000. The van der Waals surface area contributed by atoms with Crippen LogP contribution in [0.2, 0.25) is 0 Å². The second-order valence-electron chi connectivity index (χ2n) is 10.5. The molecular weight excluding hydrogens is 753 g/mol. The maximum Gasteiger partial charge on any atom is 0.460 e. The van der Waals surface area contributed by atoms with Gasteiger partial charge in [0, 0.05) is 12.2 Å². The minimum atomic E-state index is -8.72. The molecule has 48 heavy (non-hydrogen) atoms. The number of alkyl halides is 17. The fourth-order valence-corrected chi connectivity index (χ4v) is 6.06. The van der Waals surface area contributed by atoms with Crippen molar-refractivity contribution in [3.05, 3.63) is 0 Å². The van der Waals surface area contributed by atoms with Crippen LogP contribution in [0.3, 0.4) is 0 Å². The van der Waals surface area contributed by atoms with Crippen LogP contribution in [0.15, 0.2) is 0 Å². The molecule has 1 atom stereocenters. The highest BCUT2D eigenvalue weighted by molar-refractivity contribution is 8.18. The highest BCUT2D eigenvalue weighted by Gasteiger charge is 2.95. The number of thioether (sulfide) groups is 2. The van der Waals surface area contributed by atoms with Crippen LogP contribution in [0.25, 0.3) is 0 Å². The molecule has 0 saturated carbocycles. The number of hydrogen-bond acceptors (Lipinski definition) is 6. The zero-order valence-corrected chi connectivity index (χ0v) is 26.2. The Morgan fingerprint density at radius 3 is 1.35 bits per heavy atom. The third-order valence-corrected chi connectivity index (χ3v) is 9.56. The largest absolute Gasteiger partial charge is 0.460 e. The van der Waals surface area contributed by atoms with Crippen molar-refractivity contribution >= 4 is 29.4 Å². The second kappa shape index (κ2) is 16.9. The number of unbranched alkanes of at least 4 members (excludes halogenated alkanes) is 5. The molecule has 0 aliphatic heterocycles. The maximum atomic E-state index is 14.3. The van der Waals surface area contributed by atoms with Crippen LogP contribution >= 0.6 is 23.5 Å². The lowest BCUT2D eigenvalue weighted by Gasteiger charge is -2.42. The minimum Gasteiger partial charge on any atom is -0.394 e. The van der Waals surface area contributed by atoms with Gasteiger partial charge in [-0.2, -0.15) is 74.6 Å². The van der Waals surface area contributed by atoms with Crippen LogP contribution in [0.1, 0.15) is 51.9 Å². The van der Waals surface area contributed by atoms with Crippen LogP contribution in [0, 0.1) is 0 Å². The summed E-state index contributed by atoms with van der Waals surface area (Å²) in [4.78, 5) is 12.7. The number of halogens is 17. The topological polar surface area (TPSA) is 89.8 Å². The van der Waals surface area contributed by atoms with Gasteiger partial charge >= 0.3 is 47.6 Å². The van der Waals surface area contributed by atoms with Gasteiger partial charge in [0.15, 0.2) is 0 Å². The van der Waals surface area contributed by atoms with Crippen molar-refractivity contribution < 1.29 is 94.8 Å². The molecule has 0 bridgehead atoms. The van der Waals surface area contributed by atoms with Crippen LogP contribution in [-0.4, -0.2) is 110 Å². The van der Waals surface area contributed by atoms with E-state index in [4.69, 9.17) is 0 Å². The molecule has 0 aromatic carbocycles.